The van der Waals surface area contributed by atoms with Gasteiger partial charge in [0.25, 0.3) is 5.91 Å². The van der Waals surface area contributed by atoms with Crippen molar-refractivity contribution in [2.75, 3.05) is 39.4 Å². The van der Waals surface area contributed by atoms with Crippen LogP contribution in [0.5, 0.6) is 0 Å². The summed E-state index contributed by atoms with van der Waals surface area (Å²) in [6.45, 7) is 6.36. The van der Waals surface area contributed by atoms with E-state index in [2.05, 4.69) is 29.2 Å². The number of rotatable bonds is 9. The Balaban J connectivity index is 1.49. The van der Waals surface area contributed by atoms with Gasteiger partial charge in [-0.25, -0.2) is 0 Å². The number of benzene rings is 2. The van der Waals surface area contributed by atoms with E-state index in [0.29, 0.717) is 36.9 Å². The van der Waals surface area contributed by atoms with Gasteiger partial charge in [0, 0.05) is 62.8 Å². The number of aliphatic hydroxyl groups is 1. The molecule has 0 radical (unpaired) electrons. The van der Waals surface area contributed by atoms with Crippen LogP contribution in [0.2, 0.25) is 5.02 Å². The fourth-order valence-corrected chi connectivity index (χ4v) is 5.05. The Kier molecular flexibility index (Phi) is 9.21. The molecule has 188 valence electrons. The number of carbonyl (C=O) groups is 1. The maximum Gasteiger partial charge on any atom is 0.288 e. The van der Waals surface area contributed by atoms with E-state index in [0.717, 1.165) is 31.6 Å². The number of piperazine rings is 1. The highest BCUT2D eigenvalue weighted by Crippen LogP contribution is 2.40. The number of aliphatic hydroxyl groups excluding tert-OH is 1. The molecule has 2 aromatic carbocycles. The van der Waals surface area contributed by atoms with E-state index in [1.165, 1.54) is 5.56 Å². The molecule has 0 aliphatic carbocycles. The van der Waals surface area contributed by atoms with Crippen molar-refractivity contribution >= 4 is 17.5 Å². The lowest BCUT2D eigenvalue weighted by molar-refractivity contribution is -0.171. The normalized spacial score (nSPS) is 23.0. The molecule has 1 N–H and O–H groups in total. The minimum absolute atomic E-state index is 0.0115. The van der Waals surface area contributed by atoms with Crippen molar-refractivity contribution in [2.45, 2.75) is 38.5 Å². The molecule has 1 fully saturated rings. The van der Waals surface area contributed by atoms with Gasteiger partial charge < -0.3 is 19.5 Å². The minimum atomic E-state index is -0.546. The Morgan fingerprint density at radius 2 is 1.80 bits per heavy atom. The number of allylic oxidation sites excluding steroid dienone is 1. The number of ether oxygens (including phenoxy) is 2. The maximum absolute atomic E-state index is 13.5. The van der Waals surface area contributed by atoms with Crippen LogP contribution in [0.1, 0.15) is 36.8 Å². The Labute approximate surface area is 213 Å². The molecule has 0 unspecified atom stereocenters. The standard InChI is InChI=1S/C28H35ClN2O4/c1-2-34-28-24(9-6-18-32)25(22-10-12-23(29)13-11-22)19-26(35-28)27(33)31-16-14-30(15-17-31)20-21-7-4-3-5-8-21/h3-5,7-8,10-13,19,24-25,28,32H,2,6,9,14-18,20H2,1H3/t24-,25-,28-/m1/s1. The molecule has 2 aromatic rings. The van der Waals surface area contributed by atoms with Gasteiger partial charge >= 0.3 is 0 Å². The van der Waals surface area contributed by atoms with Crippen molar-refractivity contribution in [3.05, 3.63) is 82.6 Å². The van der Waals surface area contributed by atoms with E-state index in [1.54, 1.807) is 0 Å². The number of halogens is 1. The van der Waals surface area contributed by atoms with Crippen LogP contribution >= 0.6 is 11.6 Å². The first-order valence-corrected chi connectivity index (χ1v) is 12.9. The average Bonchev–Trinajstić information content (AvgIpc) is 2.89. The first-order valence-electron chi connectivity index (χ1n) is 12.5. The number of nitrogens with zero attached hydrogens (tertiary/aromatic N) is 2. The topological polar surface area (TPSA) is 62.2 Å². The molecule has 7 heteroatoms. The summed E-state index contributed by atoms with van der Waals surface area (Å²) in [6.07, 6.45) is 2.77. The van der Waals surface area contributed by atoms with E-state index in [9.17, 15) is 9.90 Å². The highest BCUT2D eigenvalue weighted by atomic mass is 35.5. The molecular weight excluding hydrogens is 464 g/mol. The molecular formula is C28H35ClN2O4. The van der Waals surface area contributed by atoms with E-state index in [4.69, 9.17) is 21.1 Å². The first-order chi connectivity index (χ1) is 17.1. The summed E-state index contributed by atoms with van der Waals surface area (Å²) in [5.41, 5.74) is 2.34. The summed E-state index contributed by atoms with van der Waals surface area (Å²) >= 11 is 6.13. The predicted molar refractivity (Wildman–Crippen MR) is 137 cm³/mol. The lowest BCUT2D eigenvalue weighted by Gasteiger charge is -2.39. The second kappa shape index (κ2) is 12.5. The summed E-state index contributed by atoms with van der Waals surface area (Å²) in [6, 6.07) is 18.1. The average molecular weight is 499 g/mol. The van der Waals surface area contributed by atoms with Gasteiger partial charge in [-0.3, -0.25) is 9.69 Å². The second-order valence-electron chi connectivity index (χ2n) is 9.13. The van der Waals surface area contributed by atoms with Crippen molar-refractivity contribution < 1.29 is 19.4 Å². The van der Waals surface area contributed by atoms with Gasteiger partial charge in [-0.2, -0.15) is 0 Å². The third-order valence-corrected chi connectivity index (χ3v) is 7.04. The molecule has 0 spiro atoms. The molecule has 0 aromatic heterocycles. The van der Waals surface area contributed by atoms with E-state index < -0.39 is 6.29 Å². The lowest BCUT2D eigenvalue weighted by Crippen LogP contribution is -2.49. The second-order valence-corrected chi connectivity index (χ2v) is 9.57. The summed E-state index contributed by atoms with van der Waals surface area (Å²) in [5, 5.41) is 10.1. The summed E-state index contributed by atoms with van der Waals surface area (Å²) in [5.74, 6) is 0.179. The third-order valence-electron chi connectivity index (χ3n) is 6.79. The van der Waals surface area contributed by atoms with Crippen LogP contribution in [-0.4, -0.2) is 66.5 Å². The van der Waals surface area contributed by atoms with Gasteiger partial charge in [0.2, 0.25) is 6.29 Å². The zero-order valence-electron chi connectivity index (χ0n) is 20.3. The fourth-order valence-electron chi connectivity index (χ4n) is 4.93. The molecule has 1 saturated heterocycles. The Morgan fingerprint density at radius 1 is 1.09 bits per heavy atom. The van der Waals surface area contributed by atoms with Gasteiger partial charge in [0.05, 0.1) is 0 Å². The fraction of sp³-hybridized carbons (Fsp3) is 0.464. The van der Waals surface area contributed by atoms with Gasteiger partial charge in [0.1, 0.15) is 0 Å². The zero-order chi connectivity index (χ0) is 24.6. The molecule has 6 nitrogen and oxygen atoms in total. The monoisotopic (exact) mass is 498 g/mol. The molecule has 2 aliphatic rings. The molecule has 3 atom stereocenters. The SMILES string of the molecule is CCO[C@@H]1OC(C(=O)N2CCN(Cc3ccccc3)CC2)=C[C@H](c2ccc(Cl)cc2)[C@H]1CCCO. The predicted octanol–water partition coefficient (Wildman–Crippen LogP) is 4.43. The van der Waals surface area contributed by atoms with Crippen molar-refractivity contribution in [1.29, 1.82) is 0 Å². The van der Waals surface area contributed by atoms with Crippen LogP contribution in [0, 0.1) is 5.92 Å². The largest absolute Gasteiger partial charge is 0.459 e. The number of amides is 1. The van der Waals surface area contributed by atoms with Gasteiger partial charge in [-0.05, 0) is 49.1 Å². The van der Waals surface area contributed by atoms with Crippen LogP contribution in [0.4, 0.5) is 0 Å². The van der Waals surface area contributed by atoms with Crippen molar-refractivity contribution in [3.8, 4) is 0 Å². The maximum atomic E-state index is 13.5. The lowest BCUT2D eigenvalue weighted by atomic mass is 9.80. The molecule has 1 amide bonds. The Hall–Kier alpha value is -2.38. The van der Waals surface area contributed by atoms with Crippen molar-refractivity contribution in [3.63, 3.8) is 0 Å². The molecule has 35 heavy (non-hydrogen) atoms. The molecule has 0 bridgehead atoms. The Morgan fingerprint density at radius 3 is 2.46 bits per heavy atom. The molecule has 4 rings (SSSR count). The third kappa shape index (κ3) is 6.64. The van der Waals surface area contributed by atoms with Gasteiger partial charge in [0.15, 0.2) is 5.76 Å². The Bertz CT molecular complexity index is 974. The van der Waals surface area contributed by atoms with Crippen molar-refractivity contribution in [2.24, 2.45) is 5.92 Å². The zero-order valence-corrected chi connectivity index (χ0v) is 21.1. The summed E-state index contributed by atoms with van der Waals surface area (Å²) < 4.78 is 12.1. The number of hydrogen-bond donors (Lipinski definition) is 1. The number of hydrogen-bond acceptors (Lipinski definition) is 5. The molecule has 2 heterocycles. The van der Waals surface area contributed by atoms with Crippen LogP contribution in [0.25, 0.3) is 0 Å². The van der Waals surface area contributed by atoms with E-state index >= 15 is 0 Å². The highest BCUT2D eigenvalue weighted by Gasteiger charge is 2.39. The summed E-state index contributed by atoms with van der Waals surface area (Å²) in [7, 11) is 0. The highest BCUT2D eigenvalue weighted by molar-refractivity contribution is 6.30. The van der Waals surface area contributed by atoms with Gasteiger partial charge in [-0.15, -0.1) is 0 Å². The minimum Gasteiger partial charge on any atom is -0.459 e. The van der Waals surface area contributed by atoms with E-state index in [1.807, 2.05) is 48.2 Å². The van der Waals surface area contributed by atoms with Crippen LogP contribution in [0.15, 0.2) is 66.4 Å². The first kappa shape index (κ1) is 25.7. The van der Waals surface area contributed by atoms with Crippen LogP contribution < -0.4 is 0 Å². The quantitative estimate of drug-likeness (QED) is 0.554. The number of carbonyl (C=O) groups excluding carboxylic acids is 1. The molecule has 0 saturated carbocycles. The van der Waals surface area contributed by atoms with Gasteiger partial charge in [-0.1, -0.05) is 54.1 Å². The van der Waals surface area contributed by atoms with E-state index in [-0.39, 0.29) is 24.3 Å². The van der Waals surface area contributed by atoms with Crippen LogP contribution in [0.3, 0.4) is 0 Å². The summed E-state index contributed by atoms with van der Waals surface area (Å²) in [4.78, 5) is 17.8. The smallest absolute Gasteiger partial charge is 0.288 e. The van der Waals surface area contributed by atoms with Crippen LogP contribution in [-0.2, 0) is 20.8 Å². The molecule has 2 aliphatic heterocycles. The van der Waals surface area contributed by atoms with Crippen molar-refractivity contribution in [1.82, 2.24) is 9.80 Å².